The zero-order chi connectivity index (χ0) is 38.8. The molecule has 1 saturated heterocycles. The zero-order valence-corrected chi connectivity index (χ0v) is 32.2. The Hall–Kier alpha value is -3.03. The topological polar surface area (TPSA) is 178 Å². The lowest BCUT2D eigenvalue weighted by molar-refractivity contribution is -0.329. The Morgan fingerprint density at radius 2 is 1.69 bits per heavy atom. The quantitative estimate of drug-likeness (QED) is 0.133. The van der Waals surface area contributed by atoms with Crippen LogP contribution in [0.25, 0.3) is 0 Å². The van der Waals surface area contributed by atoms with Gasteiger partial charge in [-0.3, -0.25) is 0 Å². The first-order valence-corrected chi connectivity index (χ1v) is 18.0. The predicted molar refractivity (Wildman–Crippen MR) is 191 cm³/mol. The van der Waals surface area contributed by atoms with Crippen molar-refractivity contribution in [3.8, 4) is 0 Å². The van der Waals surface area contributed by atoms with Crippen LogP contribution in [-0.4, -0.2) is 95.0 Å². The molecule has 0 radical (unpaired) electrons. The van der Waals surface area contributed by atoms with Gasteiger partial charge in [0.1, 0.15) is 12.2 Å². The number of hydrogen-bond donors (Lipinski definition) is 4. The molecule has 0 bridgehead atoms. The number of carbonyl (C=O) groups excluding carboxylic acids is 2. The van der Waals surface area contributed by atoms with Gasteiger partial charge >= 0.3 is 17.9 Å². The fraction of sp³-hybridized carbons (Fsp3) is 0.718. The van der Waals surface area contributed by atoms with Crippen molar-refractivity contribution in [2.24, 2.45) is 35.5 Å². The Kier molecular flexibility index (Phi) is 17.1. The first kappa shape index (κ1) is 44.1. The highest BCUT2D eigenvalue weighted by Gasteiger charge is 2.53. The number of aliphatic hydroxyl groups is 3. The van der Waals surface area contributed by atoms with Crippen molar-refractivity contribution >= 4 is 17.9 Å². The summed E-state index contributed by atoms with van der Waals surface area (Å²) in [4.78, 5) is 37.1. The minimum Gasteiger partial charge on any atom is -0.490 e. The molecule has 0 aromatic heterocycles. The van der Waals surface area contributed by atoms with Crippen LogP contribution in [-0.2, 0) is 38.1 Å². The molecular formula is C39H62O12. The number of hydrogen-bond acceptors (Lipinski definition) is 11. The maximum Gasteiger partial charge on any atom is 0.373 e. The lowest BCUT2D eigenvalue weighted by Gasteiger charge is -2.50. The lowest BCUT2D eigenvalue weighted by atomic mass is 9.76. The van der Waals surface area contributed by atoms with Crippen molar-refractivity contribution in [1.82, 2.24) is 0 Å². The van der Waals surface area contributed by atoms with Gasteiger partial charge in [-0.05, 0) is 51.0 Å². The Morgan fingerprint density at radius 1 is 1.04 bits per heavy atom. The number of methoxy groups -OCH3 is 2. The standard InChI is InChI=1S/C39H62O12/c1-21(2)36-26(7)31(49-33(42)16-15-32(40)41)20-39(46,51-36)28(9)35(44)27(8)37-29(47-10)14-12-13-22(3)17-24(5)34(43)25(6)18-23(4)19-30(48-11)38(45)50-37/h13,15-16,18-19,21,24-29,31,34-37,43-44,46H,12,14,17,20H2,1-11H3,(H,40,41)/b16-15+,22-13+,23-18+,30-19-. The molecule has 0 saturated carbocycles. The number of ether oxygens (including phenoxy) is 5. The second-order valence-corrected chi connectivity index (χ2v) is 14.9. The van der Waals surface area contributed by atoms with E-state index in [4.69, 9.17) is 28.8 Å². The maximum absolute atomic E-state index is 13.7. The fourth-order valence-electron chi connectivity index (χ4n) is 7.32. The molecule has 0 aromatic carbocycles. The van der Waals surface area contributed by atoms with E-state index < -0.39 is 72.2 Å². The zero-order valence-electron chi connectivity index (χ0n) is 32.2. The number of carboxylic acid groups (broad SMARTS) is 1. The van der Waals surface area contributed by atoms with Crippen LogP contribution < -0.4 is 0 Å². The van der Waals surface area contributed by atoms with Crippen molar-refractivity contribution in [1.29, 1.82) is 0 Å². The van der Waals surface area contributed by atoms with E-state index in [-0.39, 0.29) is 35.9 Å². The highest BCUT2D eigenvalue weighted by molar-refractivity contribution is 5.90. The molecule has 1 fully saturated rings. The van der Waals surface area contributed by atoms with Gasteiger partial charge in [-0.25, -0.2) is 14.4 Å². The van der Waals surface area contributed by atoms with E-state index in [2.05, 4.69) is 6.08 Å². The van der Waals surface area contributed by atoms with Gasteiger partial charge in [-0.2, -0.15) is 0 Å². The second-order valence-electron chi connectivity index (χ2n) is 14.9. The SMILES string of the molecule is CO/C1=C\C(C)=C\C(C)C(O)C(C)C/C(C)=C/CCC(OC)C(C(C)C(O)C(C)C2(O)CC(OC(=O)/C=C/C(=O)O)C(C)C(C(C)C)O2)OC1=O. The van der Waals surface area contributed by atoms with Gasteiger partial charge < -0.3 is 44.1 Å². The number of cyclic esters (lactones) is 1. The number of aliphatic hydroxyl groups excluding tert-OH is 2. The molecule has 12 heteroatoms. The first-order chi connectivity index (χ1) is 23.8. The average Bonchev–Trinajstić information content (AvgIpc) is 3.06. The average molecular weight is 723 g/mol. The van der Waals surface area contributed by atoms with E-state index in [0.29, 0.717) is 30.9 Å². The molecule has 0 aromatic rings. The number of allylic oxidation sites excluding steroid dienone is 4. The molecule has 12 nitrogen and oxygen atoms in total. The van der Waals surface area contributed by atoms with E-state index in [9.17, 15) is 29.7 Å². The summed E-state index contributed by atoms with van der Waals surface area (Å²) in [7, 11) is 2.87. The molecule has 0 amide bonds. The number of aliphatic carboxylic acids is 1. The van der Waals surface area contributed by atoms with Crippen LogP contribution in [0, 0.1) is 35.5 Å². The molecular weight excluding hydrogens is 660 g/mol. The summed E-state index contributed by atoms with van der Waals surface area (Å²) in [5.41, 5.74) is 1.80. The summed E-state index contributed by atoms with van der Waals surface area (Å²) in [6.07, 6.45) is 3.52. The molecule has 12 unspecified atom stereocenters. The molecule has 290 valence electrons. The molecule has 2 rings (SSSR count). The molecule has 4 N–H and O–H groups in total. The molecule has 2 aliphatic rings. The van der Waals surface area contributed by atoms with E-state index in [1.165, 1.54) is 14.2 Å². The second kappa shape index (κ2) is 19.7. The van der Waals surface area contributed by atoms with Gasteiger partial charge in [-0.15, -0.1) is 0 Å². The van der Waals surface area contributed by atoms with Gasteiger partial charge in [0.2, 0.25) is 5.76 Å². The van der Waals surface area contributed by atoms with Crippen LogP contribution in [0.3, 0.4) is 0 Å². The number of carbonyl (C=O) groups is 3. The molecule has 51 heavy (non-hydrogen) atoms. The smallest absolute Gasteiger partial charge is 0.373 e. The monoisotopic (exact) mass is 722 g/mol. The third-order valence-corrected chi connectivity index (χ3v) is 10.4. The van der Waals surface area contributed by atoms with Gasteiger partial charge in [0.25, 0.3) is 0 Å². The summed E-state index contributed by atoms with van der Waals surface area (Å²) < 4.78 is 29.3. The third-order valence-electron chi connectivity index (χ3n) is 10.4. The van der Waals surface area contributed by atoms with Crippen molar-refractivity contribution in [3.63, 3.8) is 0 Å². The van der Waals surface area contributed by atoms with Gasteiger partial charge in [0.05, 0.1) is 31.5 Å². The van der Waals surface area contributed by atoms with E-state index in [1.54, 1.807) is 26.8 Å². The van der Waals surface area contributed by atoms with Crippen LogP contribution in [0.15, 0.2) is 47.3 Å². The summed E-state index contributed by atoms with van der Waals surface area (Å²) in [6.45, 7) is 16.7. The summed E-state index contributed by atoms with van der Waals surface area (Å²) in [5.74, 6) is -7.44. The fourth-order valence-corrected chi connectivity index (χ4v) is 7.32. The third kappa shape index (κ3) is 12.3. The van der Waals surface area contributed by atoms with Crippen LogP contribution in [0.4, 0.5) is 0 Å². The lowest BCUT2D eigenvalue weighted by Crippen LogP contribution is -2.59. The highest BCUT2D eigenvalue weighted by Crippen LogP contribution is 2.42. The Morgan fingerprint density at radius 3 is 2.25 bits per heavy atom. The number of carboxylic acids is 1. The maximum atomic E-state index is 13.7. The molecule has 12 atom stereocenters. The largest absolute Gasteiger partial charge is 0.490 e. The molecule has 2 aliphatic heterocycles. The van der Waals surface area contributed by atoms with Crippen LogP contribution in [0.1, 0.15) is 88.0 Å². The minimum absolute atomic E-state index is 0.0120. The van der Waals surface area contributed by atoms with Crippen LogP contribution in [0.5, 0.6) is 0 Å². The van der Waals surface area contributed by atoms with Gasteiger partial charge in [0, 0.05) is 49.4 Å². The summed E-state index contributed by atoms with van der Waals surface area (Å²) in [5, 5.41) is 43.9. The normalized spacial score (nSPS) is 36.8. The summed E-state index contributed by atoms with van der Waals surface area (Å²) >= 11 is 0. The van der Waals surface area contributed by atoms with E-state index >= 15 is 0 Å². The van der Waals surface area contributed by atoms with Crippen molar-refractivity contribution in [2.45, 2.75) is 130 Å². The van der Waals surface area contributed by atoms with Crippen LogP contribution in [0.2, 0.25) is 0 Å². The Labute approximate surface area is 303 Å². The highest BCUT2D eigenvalue weighted by atomic mass is 16.6. The molecule has 0 aliphatic carbocycles. The van der Waals surface area contributed by atoms with E-state index in [1.807, 2.05) is 47.6 Å². The number of rotatable bonds is 10. The van der Waals surface area contributed by atoms with Crippen molar-refractivity contribution in [2.75, 3.05) is 14.2 Å². The predicted octanol–water partition coefficient (Wildman–Crippen LogP) is 5.11. The Balaban J connectivity index is 2.51. The summed E-state index contributed by atoms with van der Waals surface area (Å²) in [6, 6.07) is 0. The Bertz CT molecular complexity index is 1300. The van der Waals surface area contributed by atoms with Gasteiger partial charge in [0.15, 0.2) is 5.79 Å². The number of esters is 2. The van der Waals surface area contributed by atoms with Crippen molar-refractivity contribution < 1.29 is 58.5 Å². The van der Waals surface area contributed by atoms with Gasteiger partial charge in [-0.1, -0.05) is 71.8 Å². The minimum atomic E-state index is -1.97. The molecule has 2 heterocycles. The van der Waals surface area contributed by atoms with Crippen molar-refractivity contribution in [3.05, 3.63) is 47.3 Å². The molecule has 0 spiro atoms. The first-order valence-electron chi connectivity index (χ1n) is 18.0. The van der Waals surface area contributed by atoms with E-state index in [0.717, 1.165) is 11.6 Å². The van der Waals surface area contributed by atoms with Crippen LogP contribution >= 0.6 is 0 Å².